The Morgan fingerprint density at radius 3 is 1.42 bits per heavy atom. The van der Waals surface area contributed by atoms with Gasteiger partial charge in [-0.15, -0.1) is 0 Å². The highest BCUT2D eigenvalue weighted by Gasteiger charge is 2.30. The highest BCUT2D eigenvalue weighted by atomic mass is 19.4. The molecule has 0 saturated heterocycles. The van der Waals surface area contributed by atoms with E-state index in [0.29, 0.717) is 0 Å². The zero-order chi connectivity index (χ0) is 35.8. The molecule has 252 valence electrons. The first kappa shape index (κ1) is 31.2. The van der Waals surface area contributed by atoms with Crippen LogP contribution in [0, 0.1) is 5.82 Å². The summed E-state index contributed by atoms with van der Waals surface area (Å²) >= 11 is 0. The molecule has 10 rings (SSSR count). The van der Waals surface area contributed by atoms with Gasteiger partial charge in [0.15, 0.2) is 0 Å². The zero-order valence-corrected chi connectivity index (χ0v) is 28.2. The number of fused-ring (bicyclic) bond motifs is 2. The van der Waals surface area contributed by atoms with Crippen molar-refractivity contribution >= 4 is 53.9 Å². The molecule has 0 radical (unpaired) electrons. The van der Waals surface area contributed by atoms with Crippen molar-refractivity contribution in [1.82, 2.24) is 0 Å². The maximum Gasteiger partial charge on any atom is 0.416 e. The fourth-order valence-corrected chi connectivity index (χ4v) is 8.33. The summed E-state index contributed by atoms with van der Waals surface area (Å²) in [5.74, 6) is -0.261. The normalized spacial score (nSPS) is 12.2. The van der Waals surface area contributed by atoms with Crippen LogP contribution < -0.4 is 0 Å². The molecule has 0 atom stereocenters. The van der Waals surface area contributed by atoms with Crippen LogP contribution in [0.1, 0.15) is 5.56 Å². The number of alkyl halides is 3. The molecule has 0 amide bonds. The molecule has 0 heterocycles. The number of benzene rings is 10. The largest absolute Gasteiger partial charge is 0.416 e. The van der Waals surface area contributed by atoms with E-state index >= 15 is 0 Å². The lowest BCUT2D eigenvalue weighted by molar-refractivity contribution is -0.137. The molecule has 0 saturated carbocycles. The summed E-state index contributed by atoms with van der Waals surface area (Å²) in [4.78, 5) is 0. The Kier molecular flexibility index (Phi) is 6.93. The summed E-state index contributed by atoms with van der Waals surface area (Å²) in [5, 5.41) is 11.4. The third-order valence-corrected chi connectivity index (χ3v) is 10.7. The highest BCUT2D eigenvalue weighted by molar-refractivity contribution is 6.30. The topological polar surface area (TPSA) is 0 Å². The molecule has 10 aromatic carbocycles. The van der Waals surface area contributed by atoms with Gasteiger partial charge in [-0.05, 0) is 129 Å². The molecule has 4 heteroatoms. The third-order valence-electron chi connectivity index (χ3n) is 10.7. The summed E-state index contributed by atoms with van der Waals surface area (Å²) in [6.45, 7) is 0. The van der Waals surface area contributed by atoms with E-state index in [2.05, 4.69) is 109 Å². The first-order valence-electron chi connectivity index (χ1n) is 17.5. The van der Waals surface area contributed by atoms with Gasteiger partial charge in [0, 0.05) is 0 Å². The molecule has 0 fully saturated rings. The second kappa shape index (κ2) is 11.8. The van der Waals surface area contributed by atoms with Gasteiger partial charge in [-0.3, -0.25) is 0 Å². The minimum absolute atomic E-state index is 0.261. The molecule has 10 aromatic rings. The predicted molar refractivity (Wildman–Crippen MR) is 212 cm³/mol. The van der Waals surface area contributed by atoms with Gasteiger partial charge in [-0.1, -0.05) is 140 Å². The Labute approximate surface area is 302 Å². The lowest BCUT2D eigenvalue weighted by Gasteiger charge is -2.20. The van der Waals surface area contributed by atoms with Crippen molar-refractivity contribution in [2.24, 2.45) is 0 Å². The van der Waals surface area contributed by atoms with Crippen LogP contribution in [0.15, 0.2) is 170 Å². The molecule has 0 aliphatic heterocycles. The van der Waals surface area contributed by atoms with Gasteiger partial charge in [0.25, 0.3) is 0 Å². The van der Waals surface area contributed by atoms with Crippen molar-refractivity contribution in [3.63, 3.8) is 0 Å². The van der Waals surface area contributed by atoms with Crippen LogP contribution in [0.5, 0.6) is 0 Å². The van der Waals surface area contributed by atoms with Crippen molar-refractivity contribution < 1.29 is 17.6 Å². The van der Waals surface area contributed by atoms with E-state index in [4.69, 9.17) is 0 Å². The van der Waals surface area contributed by atoms with Crippen LogP contribution in [-0.4, -0.2) is 0 Å². The molecule has 0 N–H and O–H groups in total. The molecular formula is C49H28F4. The van der Waals surface area contributed by atoms with Crippen molar-refractivity contribution in [3.05, 3.63) is 181 Å². The van der Waals surface area contributed by atoms with E-state index in [9.17, 15) is 17.6 Å². The molecular weight excluding hydrogens is 665 g/mol. The number of rotatable bonds is 4. The average Bonchev–Trinajstić information content (AvgIpc) is 3.19. The summed E-state index contributed by atoms with van der Waals surface area (Å²) in [7, 11) is 0. The maximum atomic E-state index is 14.1. The minimum Gasteiger partial charge on any atom is -0.207 e. The van der Waals surface area contributed by atoms with Crippen molar-refractivity contribution in [1.29, 1.82) is 0 Å². The smallest absolute Gasteiger partial charge is 0.207 e. The van der Waals surface area contributed by atoms with Gasteiger partial charge in [0.2, 0.25) is 0 Å². The first-order chi connectivity index (χ1) is 25.8. The van der Waals surface area contributed by atoms with Crippen LogP contribution in [0.2, 0.25) is 0 Å². The highest BCUT2D eigenvalue weighted by Crippen LogP contribution is 2.48. The Morgan fingerprint density at radius 1 is 0.340 bits per heavy atom. The van der Waals surface area contributed by atoms with Crippen LogP contribution in [-0.2, 0) is 6.18 Å². The fourth-order valence-electron chi connectivity index (χ4n) is 8.33. The van der Waals surface area contributed by atoms with Crippen molar-refractivity contribution in [2.45, 2.75) is 6.18 Å². The van der Waals surface area contributed by atoms with E-state index in [1.807, 2.05) is 24.3 Å². The maximum absolute atomic E-state index is 14.1. The summed E-state index contributed by atoms with van der Waals surface area (Å²) in [6.07, 6.45) is -4.38. The van der Waals surface area contributed by atoms with Crippen LogP contribution in [0.3, 0.4) is 0 Å². The van der Waals surface area contributed by atoms with Gasteiger partial charge in [0.1, 0.15) is 5.82 Å². The minimum atomic E-state index is -4.38. The summed E-state index contributed by atoms with van der Waals surface area (Å²) in [6, 6.07) is 54.7. The number of halogens is 4. The third kappa shape index (κ3) is 4.97. The SMILES string of the molecule is Fc1ccc(-c2c3ccccc3c(-c3ccc4ccc5c(-c6cccc(-c7ccc(C(F)(F)F)cc7)c6)ccc6ccc3c4c65)c3ccccc23)cc1. The van der Waals surface area contributed by atoms with E-state index in [0.717, 1.165) is 99.7 Å². The van der Waals surface area contributed by atoms with Crippen LogP contribution in [0.4, 0.5) is 17.6 Å². The van der Waals surface area contributed by atoms with E-state index < -0.39 is 11.7 Å². The Balaban J connectivity index is 1.20. The second-order valence-corrected chi connectivity index (χ2v) is 13.7. The lowest BCUT2D eigenvalue weighted by Crippen LogP contribution is -2.03. The first-order valence-corrected chi connectivity index (χ1v) is 17.5. The molecule has 53 heavy (non-hydrogen) atoms. The van der Waals surface area contributed by atoms with Gasteiger partial charge in [-0.25, -0.2) is 4.39 Å². The Bertz CT molecular complexity index is 2970. The molecule has 0 bridgehead atoms. The van der Waals surface area contributed by atoms with E-state index in [1.54, 1.807) is 0 Å². The fraction of sp³-hybridized carbons (Fsp3) is 0.0204. The van der Waals surface area contributed by atoms with Gasteiger partial charge in [-0.2, -0.15) is 13.2 Å². The molecule has 0 spiro atoms. The number of hydrogen-bond acceptors (Lipinski definition) is 0. The second-order valence-electron chi connectivity index (χ2n) is 13.7. The number of hydrogen-bond donors (Lipinski definition) is 0. The Morgan fingerprint density at radius 2 is 0.830 bits per heavy atom. The van der Waals surface area contributed by atoms with Crippen molar-refractivity contribution in [2.75, 3.05) is 0 Å². The van der Waals surface area contributed by atoms with E-state index in [1.165, 1.54) is 35.0 Å². The predicted octanol–water partition coefficient (Wildman–Crippen LogP) is 14.7. The summed E-state index contributed by atoms with van der Waals surface area (Å²) in [5.41, 5.74) is 7.33. The van der Waals surface area contributed by atoms with Gasteiger partial charge in [0.05, 0.1) is 5.56 Å². The molecule has 0 aliphatic carbocycles. The average molecular weight is 693 g/mol. The molecule has 0 nitrogen and oxygen atoms in total. The van der Waals surface area contributed by atoms with Gasteiger partial charge >= 0.3 is 6.18 Å². The Hall–Kier alpha value is -6.52. The molecule has 0 aliphatic rings. The van der Waals surface area contributed by atoms with Gasteiger partial charge < -0.3 is 0 Å². The monoisotopic (exact) mass is 692 g/mol. The van der Waals surface area contributed by atoms with Crippen LogP contribution >= 0.6 is 0 Å². The zero-order valence-electron chi connectivity index (χ0n) is 28.2. The van der Waals surface area contributed by atoms with E-state index in [-0.39, 0.29) is 5.82 Å². The lowest BCUT2D eigenvalue weighted by atomic mass is 9.83. The standard InChI is InChI=1S/C49H28F4/c50-36-22-14-30(15-23-36)45-38-8-1-3-10-40(38)48(41-11-4-2-9-39(41)45)44-27-19-32-17-25-42-37(24-16-31-18-26-43(44)47(32)46(31)42)34-7-5-6-33(28-34)29-12-20-35(21-13-29)49(51,52)53/h1-28H. The van der Waals surface area contributed by atoms with Crippen LogP contribution in [0.25, 0.3) is 98.4 Å². The summed E-state index contributed by atoms with van der Waals surface area (Å²) < 4.78 is 53.9. The molecule has 0 unspecified atom stereocenters. The van der Waals surface area contributed by atoms with Crippen molar-refractivity contribution in [3.8, 4) is 44.5 Å². The quantitative estimate of drug-likeness (QED) is 0.0978. The molecule has 0 aromatic heterocycles.